The lowest BCUT2D eigenvalue weighted by atomic mass is 10.00. The summed E-state index contributed by atoms with van der Waals surface area (Å²) in [6.07, 6.45) is 2.72. The van der Waals surface area contributed by atoms with Crippen molar-refractivity contribution in [1.29, 1.82) is 0 Å². The number of benzene rings is 2. The number of nitrogens with zero attached hydrogens (tertiary/aromatic N) is 2. The topological polar surface area (TPSA) is 52.6 Å². The number of hydrogen-bond acceptors (Lipinski definition) is 3. The van der Waals surface area contributed by atoms with Crippen molar-refractivity contribution in [3.8, 4) is 0 Å². The molecule has 154 valence electrons. The Bertz CT molecular complexity index is 841. The number of quaternary nitrogens is 1. The van der Waals surface area contributed by atoms with Gasteiger partial charge in [0.15, 0.2) is 6.17 Å². The van der Waals surface area contributed by atoms with Crippen molar-refractivity contribution in [2.45, 2.75) is 38.1 Å². The Hall–Kier alpha value is -2.21. The molecule has 3 atom stereocenters. The van der Waals surface area contributed by atoms with Crippen molar-refractivity contribution in [2.75, 3.05) is 33.2 Å². The molecule has 1 saturated heterocycles. The molecule has 5 nitrogen and oxygen atoms in total. The lowest BCUT2D eigenvalue weighted by molar-refractivity contribution is -0.925. The van der Waals surface area contributed by atoms with E-state index in [0.29, 0.717) is 23.1 Å². The highest BCUT2D eigenvalue weighted by atomic mass is 16.3. The van der Waals surface area contributed by atoms with Gasteiger partial charge >= 0.3 is 0 Å². The molecule has 2 aliphatic rings. The molecule has 1 amide bonds. The fraction of sp³-hybridized carbons (Fsp3) is 0.458. The van der Waals surface area contributed by atoms with E-state index in [4.69, 9.17) is 0 Å². The average Bonchev–Trinajstić information content (AvgIpc) is 3.08. The number of aliphatic hydroxyl groups is 1. The van der Waals surface area contributed by atoms with E-state index in [1.807, 2.05) is 30.3 Å². The van der Waals surface area contributed by atoms with E-state index in [2.05, 4.69) is 41.5 Å². The number of nitrogens with one attached hydrogen (secondary N) is 1. The number of β-amino-alcohol motifs (C(OH)–C–C–N with tert-alkyl or cyclic N) is 1. The van der Waals surface area contributed by atoms with E-state index in [1.54, 1.807) is 0 Å². The van der Waals surface area contributed by atoms with E-state index >= 15 is 0 Å². The standard InChI is InChI=1S/C24H31N3O2/c1-27(15-7-12-23(27)25-24(29)20-9-3-2-4-10-20)18-22(28)17-26-14-13-19-8-5-6-11-21(19)16-26/h2-6,8-11,22-23,28H,7,12-18H2,1H3/p+1. The molecule has 2 aromatic carbocycles. The fourth-order valence-corrected chi connectivity index (χ4v) is 4.93. The molecule has 29 heavy (non-hydrogen) atoms. The predicted molar refractivity (Wildman–Crippen MR) is 114 cm³/mol. The van der Waals surface area contributed by atoms with Crippen LogP contribution in [0, 0.1) is 0 Å². The van der Waals surface area contributed by atoms with Gasteiger partial charge in [-0.05, 0) is 29.7 Å². The van der Waals surface area contributed by atoms with Gasteiger partial charge in [-0.25, -0.2) is 0 Å². The Morgan fingerprint density at radius 2 is 1.90 bits per heavy atom. The van der Waals surface area contributed by atoms with Crippen LogP contribution in [0.2, 0.25) is 0 Å². The molecule has 2 N–H and O–H groups in total. The van der Waals surface area contributed by atoms with Gasteiger partial charge in [0.25, 0.3) is 5.91 Å². The van der Waals surface area contributed by atoms with Gasteiger partial charge in [-0.3, -0.25) is 9.69 Å². The van der Waals surface area contributed by atoms with Crippen molar-refractivity contribution in [3.63, 3.8) is 0 Å². The molecule has 1 fully saturated rings. The van der Waals surface area contributed by atoms with Crippen molar-refractivity contribution in [1.82, 2.24) is 10.2 Å². The molecule has 0 saturated carbocycles. The molecule has 4 rings (SSSR count). The van der Waals surface area contributed by atoms with Gasteiger partial charge in [-0.1, -0.05) is 42.5 Å². The molecule has 0 aliphatic carbocycles. The summed E-state index contributed by atoms with van der Waals surface area (Å²) in [5.74, 6) is -0.0241. The molecule has 0 aromatic heterocycles. The normalized spacial score (nSPS) is 25.4. The number of rotatable bonds is 6. The van der Waals surface area contributed by atoms with Crippen LogP contribution < -0.4 is 5.32 Å². The smallest absolute Gasteiger partial charge is 0.255 e. The van der Waals surface area contributed by atoms with Crippen LogP contribution in [-0.4, -0.2) is 65.9 Å². The molecule has 2 heterocycles. The lowest BCUT2D eigenvalue weighted by Crippen LogP contribution is -2.59. The molecular weight excluding hydrogens is 362 g/mol. The van der Waals surface area contributed by atoms with Crippen LogP contribution in [0.3, 0.4) is 0 Å². The van der Waals surface area contributed by atoms with Gasteiger partial charge in [0.2, 0.25) is 0 Å². The van der Waals surface area contributed by atoms with Gasteiger partial charge in [0.1, 0.15) is 12.6 Å². The van der Waals surface area contributed by atoms with Gasteiger partial charge in [0.05, 0.1) is 13.6 Å². The number of amides is 1. The van der Waals surface area contributed by atoms with Gasteiger partial charge in [-0.15, -0.1) is 0 Å². The first-order valence-electron chi connectivity index (χ1n) is 10.7. The summed E-state index contributed by atoms with van der Waals surface area (Å²) in [7, 11) is 2.16. The second-order valence-corrected chi connectivity index (χ2v) is 8.79. The van der Waals surface area contributed by atoms with E-state index in [1.165, 1.54) is 11.1 Å². The highest BCUT2D eigenvalue weighted by molar-refractivity contribution is 5.94. The Kier molecular flexibility index (Phi) is 5.99. The molecule has 3 unspecified atom stereocenters. The van der Waals surface area contributed by atoms with Crippen LogP contribution in [0.5, 0.6) is 0 Å². The molecular formula is C24H32N3O2+. The summed E-state index contributed by atoms with van der Waals surface area (Å²) in [6.45, 7) is 4.23. The molecule has 2 aliphatic heterocycles. The van der Waals surface area contributed by atoms with Crippen molar-refractivity contribution < 1.29 is 14.4 Å². The van der Waals surface area contributed by atoms with Crippen molar-refractivity contribution >= 4 is 5.91 Å². The van der Waals surface area contributed by atoms with E-state index < -0.39 is 6.10 Å². The number of hydrogen-bond donors (Lipinski definition) is 2. The Morgan fingerprint density at radius 3 is 2.69 bits per heavy atom. The SMILES string of the molecule is C[N+]1(CC(O)CN2CCc3ccccc3C2)CCCC1NC(=O)c1ccccc1. The monoisotopic (exact) mass is 394 g/mol. The molecule has 0 bridgehead atoms. The quantitative estimate of drug-likeness (QED) is 0.740. The maximum absolute atomic E-state index is 12.6. The third-order valence-electron chi connectivity index (χ3n) is 6.54. The fourth-order valence-electron chi connectivity index (χ4n) is 4.93. The molecule has 0 radical (unpaired) electrons. The van der Waals surface area contributed by atoms with Crippen LogP contribution in [0.25, 0.3) is 0 Å². The second kappa shape index (κ2) is 8.66. The van der Waals surface area contributed by atoms with Gasteiger partial charge in [-0.2, -0.15) is 0 Å². The van der Waals surface area contributed by atoms with Crippen LogP contribution in [0.15, 0.2) is 54.6 Å². The molecule has 0 spiro atoms. The third-order valence-corrected chi connectivity index (χ3v) is 6.54. The first kappa shape index (κ1) is 20.1. The summed E-state index contributed by atoms with van der Waals surface area (Å²) in [5, 5.41) is 14.1. The number of carbonyl (C=O) groups is 1. The Morgan fingerprint density at radius 1 is 1.17 bits per heavy atom. The van der Waals surface area contributed by atoms with E-state index in [0.717, 1.165) is 38.9 Å². The number of fused-ring (bicyclic) bond motifs is 1. The minimum atomic E-state index is -0.403. The van der Waals surface area contributed by atoms with Crippen LogP contribution >= 0.6 is 0 Å². The number of likely N-dealkylation sites (tertiary alicyclic amines) is 1. The minimum Gasteiger partial charge on any atom is -0.386 e. The largest absolute Gasteiger partial charge is 0.386 e. The first-order valence-corrected chi connectivity index (χ1v) is 10.7. The Balaban J connectivity index is 1.34. The van der Waals surface area contributed by atoms with Crippen LogP contribution in [-0.2, 0) is 13.0 Å². The van der Waals surface area contributed by atoms with Crippen molar-refractivity contribution in [3.05, 3.63) is 71.3 Å². The second-order valence-electron chi connectivity index (χ2n) is 8.79. The van der Waals surface area contributed by atoms with Crippen molar-refractivity contribution in [2.24, 2.45) is 0 Å². The summed E-state index contributed by atoms with van der Waals surface area (Å²) in [6, 6.07) is 18.0. The summed E-state index contributed by atoms with van der Waals surface area (Å²) in [4.78, 5) is 15.0. The highest BCUT2D eigenvalue weighted by Crippen LogP contribution is 2.25. The summed E-state index contributed by atoms with van der Waals surface area (Å²) < 4.78 is 0.699. The zero-order valence-electron chi connectivity index (χ0n) is 17.3. The zero-order valence-corrected chi connectivity index (χ0v) is 17.3. The third kappa shape index (κ3) is 4.69. The zero-order chi connectivity index (χ0) is 20.3. The maximum atomic E-state index is 12.6. The Labute approximate surface area is 173 Å². The predicted octanol–water partition coefficient (Wildman–Crippen LogP) is 2.40. The number of carbonyl (C=O) groups excluding carboxylic acids is 1. The first-order chi connectivity index (χ1) is 14.0. The minimum absolute atomic E-state index is 0.0241. The molecule has 5 heteroatoms. The van der Waals surface area contributed by atoms with E-state index in [9.17, 15) is 9.90 Å². The number of aliphatic hydroxyl groups excluding tert-OH is 1. The van der Waals surface area contributed by atoms with Crippen LogP contribution in [0.1, 0.15) is 34.3 Å². The van der Waals surface area contributed by atoms with Gasteiger partial charge in [0, 0.05) is 38.0 Å². The maximum Gasteiger partial charge on any atom is 0.255 e. The van der Waals surface area contributed by atoms with E-state index in [-0.39, 0.29) is 12.1 Å². The van der Waals surface area contributed by atoms with Gasteiger partial charge < -0.3 is 14.9 Å². The highest BCUT2D eigenvalue weighted by Gasteiger charge is 2.40. The van der Waals surface area contributed by atoms with Crippen LogP contribution in [0.4, 0.5) is 0 Å². The average molecular weight is 395 g/mol. The summed E-state index contributed by atoms with van der Waals surface area (Å²) in [5.41, 5.74) is 3.50. The lowest BCUT2D eigenvalue weighted by Gasteiger charge is -2.39. The number of likely N-dealkylation sites (N-methyl/N-ethyl adjacent to an activating group) is 1. The molecule has 2 aromatic rings. The summed E-state index contributed by atoms with van der Waals surface area (Å²) >= 11 is 0.